The van der Waals surface area contributed by atoms with Gasteiger partial charge in [-0.2, -0.15) is 0 Å². The zero-order valence-electron chi connectivity index (χ0n) is 12.7. The van der Waals surface area contributed by atoms with Crippen molar-refractivity contribution in [2.45, 2.75) is 6.54 Å². The fraction of sp³-hybridized carbons (Fsp3) is 0.0588. The highest BCUT2D eigenvalue weighted by atomic mass is 16.4. The van der Waals surface area contributed by atoms with Crippen molar-refractivity contribution < 1.29 is 9.90 Å². The summed E-state index contributed by atoms with van der Waals surface area (Å²) >= 11 is 0. The Hall–Kier alpha value is -3.48. The predicted molar refractivity (Wildman–Crippen MR) is 90.3 cm³/mol. The Morgan fingerprint density at radius 2 is 1.79 bits per heavy atom. The third kappa shape index (κ3) is 4.04. The van der Waals surface area contributed by atoms with Crippen LogP contribution < -0.4 is 10.6 Å². The summed E-state index contributed by atoms with van der Waals surface area (Å²) in [6, 6.07) is 13.9. The van der Waals surface area contributed by atoms with Gasteiger partial charge in [0.25, 0.3) is 0 Å². The van der Waals surface area contributed by atoms with E-state index in [1.165, 1.54) is 18.5 Å². The van der Waals surface area contributed by atoms with Gasteiger partial charge in [0.1, 0.15) is 18.0 Å². The lowest BCUT2D eigenvalue weighted by molar-refractivity contribution is 0.0697. The number of nitrogens with one attached hydrogen (secondary N) is 2. The van der Waals surface area contributed by atoms with E-state index in [9.17, 15) is 4.79 Å². The van der Waals surface area contributed by atoms with Crippen LogP contribution in [0.15, 0.2) is 61.1 Å². The quantitative estimate of drug-likeness (QED) is 0.642. The maximum Gasteiger partial charge on any atom is 0.335 e. The van der Waals surface area contributed by atoms with Crippen molar-refractivity contribution in [1.82, 2.24) is 15.0 Å². The first-order valence-electron chi connectivity index (χ1n) is 7.27. The van der Waals surface area contributed by atoms with E-state index in [4.69, 9.17) is 5.11 Å². The number of benzene rings is 1. The highest BCUT2D eigenvalue weighted by molar-refractivity contribution is 5.88. The number of aromatic nitrogens is 3. The van der Waals surface area contributed by atoms with E-state index in [0.717, 1.165) is 11.4 Å². The number of nitrogens with zero attached hydrogens (tertiary/aromatic N) is 3. The lowest BCUT2D eigenvalue weighted by Crippen LogP contribution is -2.04. The van der Waals surface area contributed by atoms with Crippen molar-refractivity contribution in [3.8, 4) is 0 Å². The molecule has 0 unspecified atom stereocenters. The first kappa shape index (κ1) is 15.4. The van der Waals surface area contributed by atoms with E-state index in [2.05, 4.69) is 25.6 Å². The SMILES string of the molecule is O=C(O)c1ccc(Nc2cc(NCc3ccccn3)ncn2)cc1. The van der Waals surface area contributed by atoms with Gasteiger partial charge in [0.05, 0.1) is 17.8 Å². The maximum absolute atomic E-state index is 10.8. The van der Waals surface area contributed by atoms with Gasteiger partial charge in [-0.15, -0.1) is 0 Å². The number of pyridine rings is 1. The molecule has 2 aromatic heterocycles. The van der Waals surface area contributed by atoms with E-state index in [1.807, 2.05) is 18.2 Å². The minimum Gasteiger partial charge on any atom is -0.478 e. The van der Waals surface area contributed by atoms with Crippen LogP contribution in [-0.4, -0.2) is 26.0 Å². The molecule has 3 N–H and O–H groups in total. The van der Waals surface area contributed by atoms with Gasteiger partial charge in [0.15, 0.2) is 0 Å². The summed E-state index contributed by atoms with van der Waals surface area (Å²) in [5.74, 6) is 0.321. The van der Waals surface area contributed by atoms with Gasteiger partial charge in [0.2, 0.25) is 0 Å². The third-order valence-corrected chi connectivity index (χ3v) is 3.25. The van der Waals surface area contributed by atoms with Crippen LogP contribution in [0.25, 0.3) is 0 Å². The average molecular weight is 321 g/mol. The third-order valence-electron chi connectivity index (χ3n) is 3.25. The number of carboxylic acids is 1. The number of carbonyl (C=O) groups is 1. The molecule has 0 saturated heterocycles. The van der Waals surface area contributed by atoms with Crippen LogP contribution in [0.2, 0.25) is 0 Å². The molecule has 0 aliphatic carbocycles. The summed E-state index contributed by atoms with van der Waals surface area (Å²) in [4.78, 5) is 23.4. The Labute approximate surface area is 138 Å². The van der Waals surface area contributed by atoms with Crippen molar-refractivity contribution >= 4 is 23.3 Å². The summed E-state index contributed by atoms with van der Waals surface area (Å²) < 4.78 is 0. The van der Waals surface area contributed by atoms with Gasteiger partial charge >= 0.3 is 5.97 Å². The lowest BCUT2D eigenvalue weighted by atomic mass is 10.2. The molecule has 24 heavy (non-hydrogen) atoms. The standard InChI is InChI=1S/C17H15N5O2/c23-17(24)12-4-6-13(7-5-12)22-16-9-15(20-11-21-16)19-10-14-3-1-2-8-18-14/h1-9,11H,10H2,(H,23,24)(H2,19,20,21,22). The fourth-order valence-electron chi connectivity index (χ4n) is 2.05. The largest absolute Gasteiger partial charge is 0.478 e. The molecular formula is C17H15N5O2. The van der Waals surface area contributed by atoms with Crippen LogP contribution in [0.3, 0.4) is 0 Å². The Balaban J connectivity index is 1.65. The topological polar surface area (TPSA) is 100 Å². The summed E-state index contributed by atoms with van der Waals surface area (Å²) in [7, 11) is 0. The lowest BCUT2D eigenvalue weighted by Gasteiger charge is -2.08. The van der Waals surface area contributed by atoms with E-state index in [0.29, 0.717) is 18.2 Å². The summed E-state index contributed by atoms with van der Waals surface area (Å²) in [5, 5.41) is 15.2. The highest BCUT2D eigenvalue weighted by Crippen LogP contribution is 2.17. The second kappa shape index (κ2) is 7.19. The first-order valence-corrected chi connectivity index (χ1v) is 7.27. The van der Waals surface area contributed by atoms with Crippen LogP contribution in [-0.2, 0) is 6.54 Å². The van der Waals surface area contributed by atoms with Crippen LogP contribution in [0.4, 0.5) is 17.3 Å². The number of rotatable bonds is 6. The number of hydrogen-bond acceptors (Lipinski definition) is 6. The molecule has 0 aliphatic heterocycles. The zero-order chi connectivity index (χ0) is 16.8. The Morgan fingerprint density at radius 3 is 2.50 bits per heavy atom. The van der Waals surface area contributed by atoms with Crippen LogP contribution in [0, 0.1) is 0 Å². The summed E-state index contributed by atoms with van der Waals surface area (Å²) in [6.45, 7) is 0.560. The van der Waals surface area contributed by atoms with Gasteiger partial charge in [-0.3, -0.25) is 4.98 Å². The molecule has 0 bridgehead atoms. The molecule has 120 valence electrons. The van der Waals surface area contributed by atoms with Gasteiger partial charge in [-0.1, -0.05) is 6.07 Å². The first-order chi connectivity index (χ1) is 11.7. The van der Waals surface area contributed by atoms with Crippen LogP contribution in [0.1, 0.15) is 16.1 Å². The Kier molecular flexibility index (Phi) is 4.62. The molecule has 0 fully saturated rings. The molecule has 0 atom stereocenters. The van der Waals surface area contributed by atoms with Crippen molar-refractivity contribution in [2.24, 2.45) is 0 Å². The number of carboxylic acid groups (broad SMARTS) is 1. The molecule has 2 heterocycles. The Bertz CT molecular complexity index is 822. The molecule has 7 nitrogen and oxygen atoms in total. The fourth-order valence-corrected chi connectivity index (χ4v) is 2.05. The summed E-state index contributed by atoms with van der Waals surface area (Å²) in [6.07, 6.45) is 3.19. The number of aromatic carboxylic acids is 1. The van der Waals surface area contributed by atoms with Crippen LogP contribution >= 0.6 is 0 Å². The van der Waals surface area contributed by atoms with Crippen molar-refractivity contribution in [3.63, 3.8) is 0 Å². The van der Waals surface area contributed by atoms with Crippen LogP contribution in [0.5, 0.6) is 0 Å². The average Bonchev–Trinajstić information content (AvgIpc) is 2.62. The monoisotopic (exact) mass is 321 g/mol. The van der Waals surface area contributed by atoms with Crippen molar-refractivity contribution in [1.29, 1.82) is 0 Å². The molecule has 0 amide bonds. The van der Waals surface area contributed by atoms with Gasteiger partial charge in [0, 0.05) is 18.0 Å². The minimum absolute atomic E-state index is 0.237. The highest BCUT2D eigenvalue weighted by Gasteiger charge is 2.03. The molecule has 0 aliphatic rings. The van der Waals surface area contributed by atoms with Crippen molar-refractivity contribution in [2.75, 3.05) is 10.6 Å². The summed E-state index contributed by atoms with van der Waals surface area (Å²) in [5.41, 5.74) is 1.89. The van der Waals surface area contributed by atoms with E-state index < -0.39 is 5.97 Å². The molecule has 1 aromatic carbocycles. The molecular weight excluding hydrogens is 306 g/mol. The smallest absolute Gasteiger partial charge is 0.335 e. The van der Waals surface area contributed by atoms with E-state index in [-0.39, 0.29) is 5.56 Å². The second-order valence-electron chi connectivity index (χ2n) is 4.97. The molecule has 3 aromatic rings. The molecule has 0 saturated carbocycles. The Morgan fingerprint density at radius 1 is 1.00 bits per heavy atom. The predicted octanol–water partition coefficient (Wildman–Crippen LogP) is 2.93. The minimum atomic E-state index is -0.954. The zero-order valence-corrected chi connectivity index (χ0v) is 12.7. The van der Waals surface area contributed by atoms with Gasteiger partial charge in [-0.25, -0.2) is 14.8 Å². The number of hydrogen-bond donors (Lipinski definition) is 3. The second-order valence-corrected chi connectivity index (χ2v) is 4.97. The molecule has 0 spiro atoms. The van der Waals surface area contributed by atoms with E-state index in [1.54, 1.807) is 24.4 Å². The van der Waals surface area contributed by atoms with Gasteiger partial charge in [-0.05, 0) is 36.4 Å². The van der Waals surface area contributed by atoms with Gasteiger partial charge < -0.3 is 15.7 Å². The van der Waals surface area contributed by atoms with E-state index >= 15 is 0 Å². The number of anilines is 3. The molecule has 7 heteroatoms. The maximum atomic E-state index is 10.8. The molecule has 3 rings (SSSR count). The molecule has 0 radical (unpaired) electrons. The van der Waals surface area contributed by atoms with Crippen molar-refractivity contribution in [3.05, 3.63) is 72.3 Å². The normalized spacial score (nSPS) is 10.2.